The van der Waals surface area contributed by atoms with E-state index < -0.39 is 0 Å². The molecule has 2 rings (SSSR count). The fourth-order valence-electron chi connectivity index (χ4n) is 2.59. The largest absolute Gasteiger partial charge is 0.409 e. The monoisotopic (exact) mass is 277 g/mol. The van der Waals surface area contributed by atoms with Gasteiger partial charge in [-0.1, -0.05) is 5.16 Å². The van der Waals surface area contributed by atoms with Crippen molar-refractivity contribution in [3.63, 3.8) is 0 Å². The van der Waals surface area contributed by atoms with Crippen molar-refractivity contribution in [3.8, 4) is 0 Å². The SMILES string of the molecule is Cc1cc(N(C)CC2CCCCO2)ccc1/C(N)=N/O. The molecular formula is C15H23N3O2. The van der Waals surface area contributed by atoms with Gasteiger partial charge in [0.2, 0.25) is 0 Å². The van der Waals surface area contributed by atoms with Gasteiger partial charge in [0.15, 0.2) is 5.84 Å². The summed E-state index contributed by atoms with van der Waals surface area (Å²) in [7, 11) is 2.07. The molecule has 0 saturated carbocycles. The van der Waals surface area contributed by atoms with Gasteiger partial charge >= 0.3 is 0 Å². The Bertz CT molecular complexity index is 482. The molecule has 1 fully saturated rings. The van der Waals surface area contributed by atoms with E-state index in [1.54, 1.807) is 0 Å². The van der Waals surface area contributed by atoms with E-state index in [1.165, 1.54) is 12.8 Å². The van der Waals surface area contributed by atoms with Crippen LogP contribution in [0.25, 0.3) is 0 Å². The van der Waals surface area contributed by atoms with Crippen LogP contribution in [0.2, 0.25) is 0 Å². The van der Waals surface area contributed by atoms with Crippen molar-refractivity contribution in [1.29, 1.82) is 0 Å². The number of benzene rings is 1. The minimum absolute atomic E-state index is 0.146. The first-order valence-electron chi connectivity index (χ1n) is 7.03. The summed E-state index contributed by atoms with van der Waals surface area (Å²) in [6, 6.07) is 5.93. The zero-order valence-electron chi connectivity index (χ0n) is 12.2. The maximum atomic E-state index is 8.74. The Balaban J connectivity index is 2.06. The van der Waals surface area contributed by atoms with E-state index in [4.69, 9.17) is 15.7 Å². The molecule has 1 aliphatic heterocycles. The lowest BCUT2D eigenvalue weighted by molar-refractivity contribution is 0.0216. The van der Waals surface area contributed by atoms with Crippen LogP contribution in [-0.4, -0.2) is 37.3 Å². The molecule has 0 spiro atoms. The second-order valence-corrected chi connectivity index (χ2v) is 5.35. The minimum Gasteiger partial charge on any atom is -0.409 e. The van der Waals surface area contributed by atoms with Crippen molar-refractivity contribution < 1.29 is 9.94 Å². The van der Waals surface area contributed by atoms with Crippen LogP contribution < -0.4 is 10.6 Å². The highest BCUT2D eigenvalue weighted by Crippen LogP contribution is 2.21. The Labute approximate surface area is 120 Å². The lowest BCUT2D eigenvalue weighted by atomic mass is 10.1. The zero-order chi connectivity index (χ0) is 14.5. The van der Waals surface area contributed by atoms with E-state index >= 15 is 0 Å². The summed E-state index contributed by atoms with van der Waals surface area (Å²) in [6.45, 7) is 3.73. The summed E-state index contributed by atoms with van der Waals surface area (Å²) in [5, 5.41) is 11.8. The van der Waals surface area contributed by atoms with Gasteiger partial charge in [0.1, 0.15) is 0 Å². The van der Waals surface area contributed by atoms with Crippen LogP contribution in [0, 0.1) is 6.92 Å². The summed E-state index contributed by atoms with van der Waals surface area (Å²) in [5.74, 6) is 0.146. The van der Waals surface area contributed by atoms with Gasteiger partial charge < -0.3 is 20.6 Å². The van der Waals surface area contributed by atoms with Crippen LogP contribution in [0.1, 0.15) is 30.4 Å². The molecule has 1 aliphatic rings. The number of rotatable bonds is 4. The van der Waals surface area contributed by atoms with Crippen LogP contribution in [0.15, 0.2) is 23.4 Å². The van der Waals surface area contributed by atoms with Crippen molar-refractivity contribution in [2.75, 3.05) is 25.1 Å². The maximum Gasteiger partial charge on any atom is 0.170 e. The molecule has 1 heterocycles. The Hall–Kier alpha value is -1.75. The molecule has 1 atom stereocenters. The highest BCUT2D eigenvalue weighted by molar-refractivity contribution is 5.98. The fraction of sp³-hybridized carbons (Fsp3) is 0.533. The molecule has 5 nitrogen and oxygen atoms in total. The molecular weight excluding hydrogens is 254 g/mol. The molecule has 1 saturated heterocycles. The van der Waals surface area contributed by atoms with Crippen molar-refractivity contribution in [2.45, 2.75) is 32.3 Å². The predicted octanol–water partition coefficient (Wildman–Crippen LogP) is 2.09. The second-order valence-electron chi connectivity index (χ2n) is 5.35. The number of ether oxygens (including phenoxy) is 1. The molecule has 1 aromatic carbocycles. The average Bonchev–Trinajstić information content (AvgIpc) is 2.47. The molecule has 0 amide bonds. The third-order valence-electron chi connectivity index (χ3n) is 3.79. The third-order valence-corrected chi connectivity index (χ3v) is 3.79. The number of nitrogens with zero attached hydrogens (tertiary/aromatic N) is 2. The van der Waals surface area contributed by atoms with E-state index in [0.717, 1.165) is 36.4 Å². The molecule has 110 valence electrons. The van der Waals surface area contributed by atoms with E-state index in [0.29, 0.717) is 6.10 Å². The molecule has 20 heavy (non-hydrogen) atoms. The predicted molar refractivity (Wildman–Crippen MR) is 80.6 cm³/mol. The molecule has 0 radical (unpaired) electrons. The van der Waals surface area contributed by atoms with Crippen molar-refractivity contribution in [1.82, 2.24) is 0 Å². The van der Waals surface area contributed by atoms with Crippen molar-refractivity contribution >= 4 is 11.5 Å². The smallest absolute Gasteiger partial charge is 0.170 e. The van der Waals surface area contributed by atoms with Gasteiger partial charge in [-0.15, -0.1) is 0 Å². The molecule has 1 aromatic rings. The van der Waals surface area contributed by atoms with Crippen molar-refractivity contribution in [2.24, 2.45) is 10.9 Å². The standard InChI is InChI=1S/C15H23N3O2/c1-11-9-12(6-7-14(11)15(16)17-19)18(2)10-13-5-3-4-8-20-13/h6-7,9,13,19H,3-5,8,10H2,1-2H3,(H2,16,17). The number of hydrogen-bond donors (Lipinski definition) is 2. The van der Waals surface area contributed by atoms with E-state index in [2.05, 4.69) is 23.2 Å². The number of aryl methyl sites for hydroxylation is 1. The highest BCUT2D eigenvalue weighted by Gasteiger charge is 2.16. The van der Waals surface area contributed by atoms with Crippen LogP contribution in [0.4, 0.5) is 5.69 Å². The quantitative estimate of drug-likeness (QED) is 0.382. The van der Waals surface area contributed by atoms with Crippen LogP contribution >= 0.6 is 0 Å². The van der Waals surface area contributed by atoms with Crippen molar-refractivity contribution in [3.05, 3.63) is 29.3 Å². The number of likely N-dealkylation sites (N-methyl/N-ethyl adjacent to an activating group) is 1. The van der Waals surface area contributed by atoms with Gasteiger partial charge in [0, 0.05) is 31.5 Å². The van der Waals surface area contributed by atoms with Gasteiger partial charge in [-0.05, 0) is 49.9 Å². The lowest BCUT2D eigenvalue weighted by Crippen LogP contribution is -2.33. The molecule has 0 bridgehead atoms. The Kier molecular flexibility index (Phi) is 4.84. The third kappa shape index (κ3) is 3.42. The maximum absolute atomic E-state index is 8.74. The van der Waals surface area contributed by atoms with Gasteiger partial charge in [-0.3, -0.25) is 0 Å². The van der Waals surface area contributed by atoms with Crippen LogP contribution in [0.3, 0.4) is 0 Å². The number of anilines is 1. The zero-order valence-corrected chi connectivity index (χ0v) is 12.2. The topological polar surface area (TPSA) is 71.1 Å². The Morgan fingerprint density at radius 2 is 2.30 bits per heavy atom. The van der Waals surface area contributed by atoms with Gasteiger partial charge in [0.05, 0.1) is 6.10 Å². The number of hydrogen-bond acceptors (Lipinski definition) is 4. The van der Waals surface area contributed by atoms with Crippen LogP contribution in [0.5, 0.6) is 0 Å². The first-order chi connectivity index (χ1) is 9.61. The lowest BCUT2D eigenvalue weighted by Gasteiger charge is -2.29. The van der Waals surface area contributed by atoms with Gasteiger partial charge in [0.25, 0.3) is 0 Å². The second kappa shape index (κ2) is 6.61. The minimum atomic E-state index is 0.146. The Morgan fingerprint density at radius 3 is 2.90 bits per heavy atom. The van der Waals surface area contributed by atoms with E-state index in [-0.39, 0.29) is 5.84 Å². The summed E-state index contributed by atoms with van der Waals surface area (Å²) < 4.78 is 5.77. The molecule has 0 aliphatic carbocycles. The normalized spacial score (nSPS) is 19.9. The first kappa shape index (κ1) is 14.7. The molecule has 1 unspecified atom stereocenters. The fourth-order valence-corrected chi connectivity index (χ4v) is 2.59. The summed E-state index contributed by atoms with van der Waals surface area (Å²) >= 11 is 0. The highest BCUT2D eigenvalue weighted by atomic mass is 16.5. The number of amidine groups is 1. The van der Waals surface area contributed by atoms with Crippen LogP contribution in [-0.2, 0) is 4.74 Å². The summed E-state index contributed by atoms with van der Waals surface area (Å²) in [6.07, 6.45) is 3.87. The van der Waals surface area contributed by atoms with Gasteiger partial charge in [-0.25, -0.2) is 0 Å². The molecule has 5 heteroatoms. The van der Waals surface area contributed by atoms with E-state index in [1.807, 2.05) is 19.1 Å². The summed E-state index contributed by atoms with van der Waals surface area (Å²) in [4.78, 5) is 2.19. The van der Waals surface area contributed by atoms with E-state index in [9.17, 15) is 0 Å². The number of nitrogens with two attached hydrogens (primary N) is 1. The molecule has 3 N–H and O–H groups in total. The first-order valence-corrected chi connectivity index (χ1v) is 7.03. The number of oxime groups is 1. The van der Waals surface area contributed by atoms with Gasteiger partial charge in [-0.2, -0.15) is 0 Å². The average molecular weight is 277 g/mol. The Morgan fingerprint density at radius 1 is 1.50 bits per heavy atom. The summed E-state index contributed by atoms with van der Waals surface area (Å²) in [5.41, 5.74) is 8.51. The molecule has 0 aromatic heterocycles.